The van der Waals surface area contributed by atoms with Crippen LogP contribution >= 0.6 is 7.82 Å². The standard InChI is InChI=1S/C60H107N2O7P/c1-7-10-13-16-19-22-25-28-30-31-33-35-38-41-44-47-50-53-60(64)69-58(51-48-45-42-39-36-27-24-21-18-15-12-9-3)57(56-68-70(65,66)67-55-54-62(4,5)6)61-59(63)52-49-46-43-40-37-34-32-29-26-23-20-17-14-11-8-2/h11,14,17,19-20,22-23,26,28,30,33,35,48,51,57-58H,7-10,12-13,15-16,18,21,24-25,27,29,31-32,34,36-47,49-50,52-56H2,1-6H3,(H-,61,63,65,66)/p+1/b14-11+,20-17+,22-19-,26-23+,30-28-,35-33-,51-48+. The topological polar surface area (TPSA) is 111 Å². The molecule has 0 aromatic carbocycles. The normalized spacial score (nSPS) is 14.4. The summed E-state index contributed by atoms with van der Waals surface area (Å²) in [6, 6.07) is -0.867. The van der Waals surface area contributed by atoms with Crippen LogP contribution in [0.4, 0.5) is 0 Å². The third kappa shape index (κ3) is 50.1. The maximum absolute atomic E-state index is 13.5. The second-order valence-corrected chi connectivity index (χ2v) is 21.6. The molecule has 9 nitrogen and oxygen atoms in total. The number of esters is 1. The van der Waals surface area contributed by atoms with Gasteiger partial charge in [-0.15, -0.1) is 0 Å². The van der Waals surface area contributed by atoms with Crippen LogP contribution in [0.5, 0.6) is 0 Å². The number of quaternary nitrogens is 1. The van der Waals surface area contributed by atoms with Gasteiger partial charge in [0.25, 0.3) is 0 Å². The number of amides is 1. The molecule has 0 aliphatic rings. The largest absolute Gasteiger partial charge is 0.472 e. The number of nitrogens with one attached hydrogen (secondary N) is 1. The van der Waals surface area contributed by atoms with E-state index in [1.807, 2.05) is 33.3 Å². The number of unbranched alkanes of at least 4 members (excludes halogenated alkanes) is 24. The molecule has 0 heterocycles. The number of phosphoric ester groups is 1. The Morgan fingerprint density at radius 3 is 1.51 bits per heavy atom. The molecule has 0 aromatic rings. The van der Waals surface area contributed by atoms with Crippen LogP contribution in [0.25, 0.3) is 0 Å². The molecule has 0 bridgehead atoms. The predicted octanol–water partition coefficient (Wildman–Crippen LogP) is 17.0. The Bertz CT molecular complexity index is 1480. The lowest BCUT2D eigenvalue weighted by molar-refractivity contribution is -0.870. The summed E-state index contributed by atoms with van der Waals surface area (Å²) in [7, 11) is 1.46. The van der Waals surface area contributed by atoms with Gasteiger partial charge in [0, 0.05) is 12.8 Å². The molecule has 404 valence electrons. The molecule has 3 unspecified atom stereocenters. The molecule has 0 radical (unpaired) electrons. The first kappa shape index (κ1) is 67.2. The Kier molecular flexibility index (Phi) is 47.8. The molecule has 0 rings (SSSR count). The highest BCUT2D eigenvalue weighted by molar-refractivity contribution is 7.47. The monoisotopic (exact) mass is 1000 g/mol. The quantitative estimate of drug-likeness (QED) is 0.0156. The van der Waals surface area contributed by atoms with Crippen LogP contribution in [0.1, 0.15) is 233 Å². The number of nitrogens with zero attached hydrogens (tertiary/aromatic N) is 1. The summed E-state index contributed by atoms with van der Waals surface area (Å²) >= 11 is 0. The van der Waals surface area contributed by atoms with Crippen molar-refractivity contribution in [2.75, 3.05) is 40.9 Å². The molecule has 0 aliphatic heterocycles. The second kappa shape index (κ2) is 49.8. The third-order valence-corrected chi connectivity index (χ3v) is 13.1. The zero-order chi connectivity index (χ0) is 51.5. The Morgan fingerprint density at radius 1 is 0.529 bits per heavy atom. The number of allylic oxidation sites excluding steroid dienone is 13. The maximum Gasteiger partial charge on any atom is 0.472 e. The van der Waals surface area contributed by atoms with E-state index in [4.69, 9.17) is 13.8 Å². The molecule has 0 saturated carbocycles. The van der Waals surface area contributed by atoms with E-state index in [-0.39, 0.29) is 31.5 Å². The van der Waals surface area contributed by atoms with Crippen LogP contribution in [0.15, 0.2) is 85.1 Å². The first-order valence-electron chi connectivity index (χ1n) is 28.4. The number of carbonyl (C=O) groups is 2. The zero-order valence-electron chi connectivity index (χ0n) is 46.0. The number of carbonyl (C=O) groups excluding carboxylic acids is 2. The zero-order valence-corrected chi connectivity index (χ0v) is 46.9. The fourth-order valence-corrected chi connectivity index (χ4v) is 8.45. The van der Waals surface area contributed by atoms with E-state index in [0.717, 1.165) is 96.3 Å². The van der Waals surface area contributed by atoms with Crippen molar-refractivity contribution in [1.82, 2.24) is 5.32 Å². The summed E-state index contributed by atoms with van der Waals surface area (Å²) in [5.74, 6) is -0.549. The van der Waals surface area contributed by atoms with Crippen molar-refractivity contribution in [3.05, 3.63) is 85.1 Å². The molecule has 2 N–H and O–H groups in total. The summed E-state index contributed by atoms with van der Waals surface area (Å²) in [5, 5.41) is 3.03. The summed E-state index contributed by atoms with van der Waals surface area (Å²) in [5.41, 5.74) is 0. The fourth-order valence-electron chi connectivity index (χ4n) is 7.71. The van der Waals surface area contributed by atoms with Crippen molar-refractivity contribution in [2.24, 2.45) is 0 Å². The van der Waals surface area contributed by atoms with Gasteiger partial charge in [-0.05, 0) is 89.5 Å². The SMILES string of the molecule is CC/C=C/C=C/C=C/CCCCCCCCCC(=O)NC(COP(=O)(O)OCC[N+](C)(C)C)C(/C=C/CCCCCCCCCCCC)OC(=O)CCCCCC/C=C\C/C=C\C/C=C\CCCCC. The van der Waals surface area contributed by atoms with Gasteiger partial charge in [-0.3, -0.25) is 18.6 Å². The van der Waals surface area contributed by atoms with Gasteiger partial charge in [0.05, 0.1) is 33.8 Å². The highest BCUT2D eigenvalue weighted by Gasteiger charge is 2.30. The van der Waals surface area contributed by atoms with Crippen LogP contribution in [0.2, 0.25) is 0 Å². The number of phosphoric acid groups is 1. The molecule has 0 aliphatic carbocycles. The highest BCUT2D eigenvalue weighted by Crippen LogP contribution is 2.43. The molecular formula is C60H108N2O7P+. The van der Waals surface area contributed by atoms with Crippen LogP contribution in [-0.2, 0) is 27.9 Å². The Morgan fingerprint density at radius 2 is 0.971 bits per heavy atom. The molecule has 0 saturated heterocycles. The minimum atomic E-state index is -4.46. The van der Waals surface area contributed by atoms with E-state index in [1.165, 1.54) is 96.3 Å². The Hall–Kier alpha value is -2.81. The summed E-state index contributed by atoms with van der Waals surface area (Å²) in [4.78, 5) is 37.6. The summed E-state index contributed by atoms with van der Waals surface area (Å²) in [6.07, 6.45) is 64.3. The number of rotatable bonds is 50. The van der Waals surface area contributed by atoms with Gasteiger partial charge >= 0.3 is 13.8 Å². The minimum absolute atomic E-state index is 0.0301. The van der Waals surface area contributed by atoms with Crippen molar-refractivity contribution in [2.45, 2.75) is 245 Å². The van der Waals surface area contributed by atoms with Crippen LogP contribution < -0.4 is 5.32 Å². The molecule has 3 atom stereocenters. The minimum Gasteiger partial charge on any atom is -0.456 e. The fraction of sp³-hybridized carbons (Fsp3) is 0.733. The van der Waals surface area contributed by atoms with Gasteiger partial charge in [-0.25, -0.2) is 4.57 Å². The highest BCUT2D eigenvalue weighted by atomic mass is 31.2. The van der Waals surface area contributed by atoms with Crippen molar-refractivity contribution >= 4 is 19.7 Å². The van der Waals surface area contributed by atoms with Gasteiger partial charge < -0.3 is 19.4 Å². The smallest absolute Gasteiger partial charge is 0.456 e. The maximum atomic E-state index is 13.5. The van der Waals surface area contributed by atoms with Crippen molar-refractivity contribution in [1.29, 1.82) is 0 Å². The number of hydrogen-bond acceptors (Lipinski definition) is 6. The van der Waals surface area contributed by atoms with Crippen LogP contribution in [0.3, 0.4) is 0 Å². The molecule has 0 fully saturated rings. The number of likely N-dealkylation sites (N-methyl/N-ethyl adjacent to an activating group) is 1. The van der Waals surface area contributed by atoms with Gasteiger partial charge in [0.1, 0.15) is 19.3 Å². The molecule has 10 heteroatoms. The Labute approximate surface area is 431 Å². The lowest BCUT2D eigenvalue weighted by Crippen LogP contribution is -2.47. The lowest BCUT2D eigenvalue weighted by Gasteiger charge is -2.27. The van der Waals surface area contributed by atoms with Gasteiger partial charge in [0.15, 0.2) is 0 Å². The average molecular weight is 1000 g/mol. The van der Waals surface area contributed by atoms with E-state index >= 15 is 0 Å². The van der Waals surface area contributed by atoms with E-state index in [2.05, 4.69) is 99.0 Å². The van der Waals surface area contributed by atoms with Gasteiger partial charge in [-0.1, -0.05) is 215 Å². The average Bonchev–Trinajstić information content (AvgIpc) is 3.32. The molecule has 1 amide bonds. The number of ether oxygens (including phenoxy) is 1. The van der Waals surface area contributed by atoms with Gasteiger partial charge in [0.2, 0.25) is 5.91 Å². The van der Waals surface area contributed by atoms with Crippen molar-refractivity contribution in [3.8, 4) is 0 Å². The summed E-state index contributed by atoms with van der Waals surface area (Å²) < 4.78 is 30.6. The van der Waals surface area contributed by atoms with Gasteiger partial charge in [-0.2, -0.15) is 0 Å². The number of hydrogen-bond donors (Lipinski definition) is 2. The summed E-state index contributed by atoms with van der Waals surface area (Å²) in [6.45, 7) is 6.81. The van der Waals surface area contributed by atoms with Crippen LogP contribution in [-0.4, -0.2) is 74.3 Å². The lowest BCUT2D eigenvalue weighted by atomic mass is 10.0. The molecule has 0 spiro atoms. The van der Waals surface area contributed by atoms with E-state index in [9.17, 15) is 19.0 Å². The molecule has 70 heavy (non-hydrogen) atoms. The first-order chi connectivity index (χ1) is 33.9. The molecular weight excluding hydrogens is 892 g/mol. The third-order valence-electron chi connectivity index (χ3n) is 12.1. The van der Waals surface area contributed by atoms with Crippen molar-refractivity contribution in [3.63, 3.8) is 0 Å². The van der Waals surface area contributed by atoms with E-state index in [0.29, 0.717) is 23.9 Å². The van der Waals surface area contributed by atoms with E-state index in [1.54, 1.807) is 0 Å². The second-order valence-electron chi connectivity index (χ2n) is 20.1. The molecule has 0 aromatic heterocycles. The predicted molar refractivity (Wildman–Crippen MR) is 300 cm³/mol. The van der Waals surface area contributed by atoms with Crippen LogP contribution in [0, 0.1) is 0 Å². The Balaban J connectivity index is 5.42. The first-order valence-corrected chi connectivity index (χ1v) is 29.9. The van der Waals surface area contributed by atoms with E-state index < -0.39 is 20.0 Å². The van der Waals surface area contributed by atoms with Crippen molar-refractivity contribution < 1.29 is 37.3 Å².